The van der Waals surface area contributed by atoms with Crippen molar-refractivity contribution in [1.82, 2.24) is 19.4 Å². The van der Waals surface area contributed by atoms with Gasteiger partial charge in [-0.15, -0.1) is 0 Å². The first kappa shape index (κ1) is 19.9. The SMILES string of the molecule is CN(C(=O)c1ccccc1)c1nc2n(c1C(=O)N1CCN(C(=O)O)CC1)CCCC2. The summed E-state index contributed by atoms with van der Waals surface area (Å²) in [4.78, 5) is 46.7. The average molecular weight is 411 g/mol. The summed E-state index contributed by atoms with van der Waals surface area (Å²) in [6, 6.07) is 8.92. The molecule has 3 amide bonds. The number of rotatable bonds is 3. The van der Waals surface area contributed by atoms with E-state index in [9.17, 15) is 14.4 Å². The molecule has 1 aromatic heterocycles. The van der Waals surface area contributed by atoms with Crippen LogP contribution in [0.1, 0.15) is 39.5 Å². The van der Waals surface area contributed by atoms with Crippen LogP contribution in [0, 0.1) is 0 Å². The molecule has 0 aliphatic carbocycles. The van der Waals surface area contributed by atoms with Crippen LogP contribution in [-0.4, -0.2) is 75.6 Å². The van der Waals surface area contributed by atoms with E-state index < -0.39 is 6.09 Å². The quantitative estimate of drug-likeness (QED) is 0.832. The molecule has 2 aliphatic heterocycles. The number of nitrogens with zero attached hydrogens (tertiary/aromatic N) is 5. The zero-order chi connectivity index (χ0) is 21.3. The van der Waals surface area contributed by atoms with Crippen molar-refractivity contribution in [2.24, 2.45) is 0 Å². The number of hydrogen-bond donors (Lipinski definition) is 1. The summed E-state index contributed by atoms with van der Waals surface area (Å²) in [7, 11) is 1.64. The van der Waals surface area contributed by atoms with Crippen LogP contribution in [0.15, 0.2) is 30.3 Å². The molecular weight excluding hydrogens is 386 g/mol. The number of imidazole rings is 1. The molecule has 0 radical (unpaired) electrons. The van der Waals surface area contributed by atoms with Crippen LogP contribution in [0.5, 0.6) is 0 Å². The van der Waals surface area contributed by atoms with Gasteiger partial charge in [-0.2, -0.15) is 0 Å². The summed E-state index contributed by atoms with van der Waals surface area (Å²) in [6.07, 6.45) is 1.74. The summed E-state index contributed by atoms with van der Waals surface area (Å²) in [5, 5.41) is 9.16. The number of carbonyl (C=O) groups excluding carboxylic acids is 2. The lowest BCUT2D eigenvalue weighted by molar-refractivity contribution is 0.0614. The number of benzene rings is 1. The fourth-order valence-corrected chi connectivity index (χ4v) is 4.04. The Morgan fingerprint density at radius 1 is 0.967 bits per heavy atom. The van der Waals surface area contributed by atoms with Gasteiger partial charge in [0.05, 0.1) is 0 Å². The van der Waals surface area contributed by atoms with Crippen LogP contribution in [0.2, 0.25) is 0 Å². The highest BCUT2D eigenvalue weighted by molar-refractivity contribution is 6.09. The fraction of sp³-hybridized carbons (Fsp3) is 0.429. The number of piperazine rings is 1. The van der Waals surface area contributed by atoms with Crippen LogP contribution in [0.25, 0.3) is 0 Å². The molecule has 0 bridgehead atoms. The first-order valence-electron chi connectivity index (χ1n) is 10.2. The highest BCUT2D eigenvalue weighted by atomic mass is 16.4. The minimum absolute atomic E-state index is 0.205. The molecular formula is C21H25N5O4. The minimum Gasteiger partial charge on any atom is -0.465 e. The van der Waals surface area contributed by atoms with Gasteiger partial charge in [0.2, 0.25) is 0 Å². The van der Waals surface area contributed by atoms with Crippen molar-refractivity contribution in [2.45, 2.75) is 25.8 Å². The van der Waals surface area contributed by atoms with Crippen molar-refractivity contribution in [3.8, 4) is 0 Å². The zero-order valence-electron chi connectivity index (χ0n) is 17.0. The second kappa shape index (κ2) is 8.17. The Bertz CT molecular complexity index is 963. The molecule has 1 saturated heterocycles. The lowest BCUT2D eigenvalue weighted by Crippen LogP contribution is -2.50. The van der Waals surface area contributed by atoms with E-state index in [1.54, 1.807) is 36.2 Å². The van der Waals surface area contributed by atoms with E-state index in [1.807, 2.05) is 10.6 Å². The Labute approximate surface area is 174 Å². The van der Waals surface area contributed by atoms with Crippen LogP contribution >= 0.6 is 0 Å². The highest BCUT2D eigenvalue weighted by Crippen LogP contribution is 2.28. The molecule has 1 aromatic carbocycles. The van der Waals surface area contributed by atoms with Crippen LogP contribution < -0.4 is 4.90 Å². The predicted molar refractivity (Wildman–Crippen MR) is 110 cm³/mol. The average Bonchev–Trinajstić information content (AvgIpc) is 3.17. The van der Waals surface area contributed by atoms with Gasteiger partial charge in [0.1, 0.15) is 5.82 Å². The molecule has 3 heterocycles. The molecule has 9 nitrogen and oxygen atoms in total. The van der Waals surface area contributed by atoms with Crippen molar-refractivity contribution in [3.63, 3.8) is 0 Å². The highest BCUT2D eigenvalue weighted by Gasteiger charge is 2.33. The van der Waals surface area contributed by atoms with Gasteiger partial charge < -0.3 is 19.5 Å². The molecule has 0 spiro atoms. The Kier molecular flexibility index (Phi) is 5.43. The van der Waals surface area contributed by atoms with Gasteiger partial charge >= 0.3 is 6.09 Å². The molecule has 0 saturated carbocycles. The van der Waals surface area contributed by atoms with E-state index >= 15 is 0 Å². The van der Waals surface area contributed by atoms with Gasteiger partial charge in [-0.05, 0) is 25.0 Å². The number of amides is 3. The molecule has 0 atom stereocenters. The van der Waals surface area contributed by atoms with E-state index in [4.69, 9.17) is 5.11 Å². The standard InChI is InChI=1S/C21H25N5O4/c1-23(19(27)15-7-3-2-4-8-15)18-17(26-10-6-5-9-16(26)22-18)20(28)24-11-13-25(14-12-24)21(29)30/h2-4,7-8H,5-6,9-14H2,1H3,(H,29,30). The van der Waals surface area contributed by atoms with E-state index in [0.717, 1.165) is 25.1 Å². The molecule has 2 aliphatic rings. The Morgan fingerprint density at radius 3 is 2.30 bits per heavy atom. The summed E-state index contributed by atoms with van der Waals surface area (Å²) in [5.74, 6) is 0.752. The first-order chi connectivity index (χ1) is 14.5. The van der Waals surface area contributed by atoms with Gasteiger partial charge in [-0.25, -0.2) is 9.78 Å². The third-order valence-corrected chi connectivity index (χ3v) is 5.74. The number of anilines is 1. The maximum atomic E-state index is 13.5. The summed E-state index contributed by atoms with van der Waals surface area (Å²) in [5.41, 5.74) is 0.944. The second-order valence-electron chi connectivity index (χ2n) is 7.60. The van der Waals surface area contributed by atoms with Crippen molar-refractivity contribution in [1.29, 1.82) is 0 Å². The maximum absolute atomic E-state index is 13.5. The molecule has 1 fully saturated rings. The van der Waals surface area contributed by atoms with E-state index in [2.05, 4.69) is 4.98 Å². The Hall–Kier alpha value is -3.36. The predicted octanol–water partition coefficient (Wildman–Crippen LogP) is 1.93. The number of aromatic nitrogens is 2. The number of hydrogen-bond acceptors (Lipinski definition) is 4. The molecule has 4 rings (SSSR count). The van der Waals surface area contributed by atoms with Gasteiger partial charge in [0, 0.05) is 51.8 Å². The third-order valence-electron chi connectivity index (χ3n) is 5.74. The van der Waals surface area contributed by atoms with Crippen LogP contribution in [0.3, 0.4) is 0 Å². The van der Waals surface area contributed by atoms with Gasteiger partial charge in [0.15, 0.2) is 11.5 Å². The van der Waals surface area contributed by atoms with E-state index in [-0.39, 0.29) is 24.9 Å². The summed E-state index contributed by atoms with van der Waals surface area (Å²) >= 11 is 0. The number of aryl methyl sites for hydroxylation is 1. The topological polar surface area (TPSA) is 99.0 Å². The molecule has 2 aromatic rings. The molecule has 1 N–H and O–H groups in total. The van der Waals surface area contributed by atoms with Crippen molar-refractivity contribution in [3.05, 3.63) is 47.4 Å². The number of fused-ring (bicyclic) bond motifs is 1. The molecule has 9 heteroatoms. The smallest absolute Gasteiger partial charge is 0.407 e. The summed E-state index contributed by atoms with van der Waals surface area (Å²) in [6.45, 7) is 1.88. The van der Waals surface area contributed by atoms with Gasteiger partial charge in [-0.3, -0.25) is 14.5 Å². The monoisotopic (exact) mass is 411 g/mol. The molecule has 158 valence electrons. The van der Waals surface area contributed by atoms with Crippen molar-refractivity contribution in [2.75, 3.05) is 38.1 Å². The summed E-state index contributed by atoms with van der Waals surface area (Å²) < 4.78 is 1.93. The van der Waals surface area contributed by atoms with Gasteiger partial charge in [-0.1, -0.05) is 18.2 Å². The second-order valence-corrected chi connectivity index (χ2v) is 7.60. The Morgan fingerprint density at radius 2 is 1.63 bits per heavy atom. The van der Waals surface area contributed by atoms with Gasteiger partial charge in [0.25, 0.3) is 11.8 Å². The van der Waals surface area contributed by atoms with Crippen LogP contribution in [0.4, 0.5) is 10.6 Å². The first-order valence-corrected chi connectivity index (χ1v) is 10.2. The zero-order valence-corrected chi connectivity index (χ0v) is 17.0. The Balaban J connectivity index is 1.65. The molecule has 0 unspecified atom stereocenters. The largest absolute Gasteiger partial charge is 0.465 e. The lowest BCUT2D eigenvalue weighted by Gasteiger charge is -2.33. The number of carboxylic acid groups (broad SMARTS) is 1. The normalized spacial score (nSPS) is 16.2. The van der Waals surface area contributed by atoms with E-state index in [1.165, 1.54) is 9.80 Å². The van der Waals surface area contributed by atoms with Crippen molar-refractivity contribution < 1.29 is 19.5 Å². The number of carbonyl (C=O) groups is 3. The third kappa shape index (κ3) is 3.62. The lowest BCUT2D eigenvalue weighted by atomic mass is 10.1. The fourth-order valence-electron chi connectivity index (χ4n) is 4.04. The van der Waals surface area contributed by atoms with Crippen LogP contribution in [-0.2, 0) is 13.0 Å². The van der Waals surface area contributed by atoms with E-state index in [0.29, 0.717) is 36.7 Å². The van der Waals surface area contributed by atoms with Crippen molar-refractivity contribution >= 4 is 23.7 Å². The molecule has 30 heavy (non-hydrogen) atoms. The maximum Gasteiger partial charge on any atom is 0.407 e. The minimum atomic E-state index is -0.974.